The van der Waals surface area contributed by atoms with Gasteiger partial charge in [0.25, 0.3) is 0 Å². The monoisotopic (exact) mass is 295 g/mol. The fourth-order valence-electron chi connectivity index (χ4n) is 1.23. The van der Waals surface area contributed by atoms with Gasteiger partial charge >= 0.3 is 12.1 Å². The maximum atomic E-state index is 12.3. The predicted molar refractivity (Wildman–Crippen MR) is 58.3 cm³/mol. The summed E-state index contributed by atoms with van der Waals surface area (Å²) in [5.41, 5.74) is -1.11. The van der Waals surface area contributed by atoms with E-state index in [9.17, 15) is 27.9 Å². The predicted octanol–water partition coefficient (Wildman–Crippen LogP) is -0.448. The molecule has 1 heterocycles. The second kappa shape index (κ2) is 6.37. The zero-order valence-electron chi connectivity index (χ0n) is 10.3. The number of alkyl halides is 3. The number of aromatic nitrogens is 2. The van der Waals surface area contributed by atoms with Crippen molar-refractivity contribution in [3.05, 3.63) is 18.0 Å². The normalized spacial score (nSPS) is 12.8. The van der Waals surface area contributed by atoms with Gasteiger partial charge in [0.1, 0.15) is 6.54 Å². The van der Waals surface area contributed by atoms with Crippen molar-refractivity contribution in [3.63, 3.8) is 0 Å². The van der Waals surface area contributed by atoms with Crippen molar-refractivity contribution in [2.45, 2.75) is 18.8 Å². The van der Waals surface area contributed by atoms with Crippen LogP contribution in [0.4, 0.5) is 13.2 Å². The van der Waals surface area contributed by atoms with Crippen LogP contribution >= 0.6 is 0 Å². The number of halogens is 3. The van der Waals surface area contributed by atoms with Crippen molar-refractivity contribution < 1.29 is 32.6 Å². The number of aliphatic hydroxyl groups excluding tert-OH is 1. The molecule has 112 valence electrons. The summed E-state index contributed by atoms with van der Waals surface area (Å²) in [5, 5.41) is 14.5. The zero-order valence-corrected chi connectivity index (χ0v) is 10.3. The largest absolute Gasteiger partial charge is 0.467 e. The summed E-state index contributed by atoms with van der Waals surface area (Å²) in [6.45, 7) is -0.872. The molecule has 0 spiro atoms. The van der Waals surface area contributed by atoms with Crippen molar-refractivity contribution in [2.24, 2.45) is 0 Å². The van der Waals surface area contributed by atoms with Crippen molar-refractivity contribution in [1.82, 2.24) is 15.1 Å². The molecule has 0 saturated carbocycles. The number of aliphatic hydroxyl groups is 1. The molecule has 1 atom stereocenters. The maximum absolute atomic E-state index is 12.3. The molecular formula is C10H12F3N3O4. The van der Waals surface area contributed by atoms with E-state index >= 15 is 0 Å². The Balaban J connectivity index is 2.47. The van der Waals surface area contributed by atoms with Crippen LogP contribution in [-0.4, -0.2) is 46.5 Å². The molecule has 1 aromatic heterocycles. The molecule has 0 saturated heterocycles. The van der Waals surface area contributed by atoms with Crippen molar-refractivity contribution >= 4 is 11.9 Å². The van der Waals surface area contributed by atoms with Gasteiger partial charge < -0.3 is 15.2 Å². The highest BCUT2D eigenvalue weighted by Gasteiger charge is 2.33. The summed E-state index contributed by atoms with van der Waals surface area (Å²) >= 11 is 0. The van der Waals surface area contributed by atoms with E-state index in [0.717, 1.165) is 24.1 Å². The number of carbonyl (C=O) groups excluding carboxylic acids is 2. The quantitative estimate of drug-likeness (QED) is 0.718. The molecule has 1 amide bonds. The first-order valence-electron chi connectivity index (χ1n) is 5.37. The number of carbonyl (C=O) groups is 2. The van der Waals surface area contributed by atoms with Crippen LogP contribution in [0.1, 0.15) is 5.69 Å². The molecule has 0 bridgehead atoms. The Bertz CT molecular complexity index is 486. The number of hydrogen-bond donors (Lipinski definition) is 2. The minimum Gasteiger partial charge on any atom is -0.467 e. The molecule has 0 aliphatic carbocycles. The van der Waals surface area contributed by atoms with Crippen molar-refractivity contribution in [3.8, 4) is 0 Å². The summed E-state index contributed by atoms with van der Waals surface area (Å²) in [7, 11) is 1.07. The van der Waals surface area contributed by atoms with E-state index in [-0.39, 0.29) is 0 Å². The van der Waals surface area contributed by atoms with Crippen LogP contribution in [0.5, 0.6) is 0 Å². The first-order chi connectivity index (χ1) is 9.24. The lowest BCUT2D eigenvalue weighted by Crippen LogP contribution is -2.38. The number of nitrogens with one attached hydrogen (secondary N) is 1. The number of esters is 1. The van der Waals surface area contributed by atoms with Gasteiger partial charge in [-0.25, -0.2) is 4.79 Å². The van der Waals surface area contributed by atoms with E-state index < -0.39 is 42.9 Å². The van der Waals surface area contributed by atoms with Gasteiger partial charge in [-0.1, -0.05) is 0 Å². The van der Waals surface area contributed by atoms with E-state index in [1.54, 1.807) is 0 Å². The second-order valence-electron chi connectivity index (χ2n) is 3.74. The number of nitrogens with zero attached hydrogens (tertiary/aromatic N) is 2. The van der Waals surface area contributed by atoms with Crippen LogP contribution in [0, 0.1) is 0 Å². The molecule has 20 heavy (non-hydrogen) atoms. The molecule has 0 aromatic carbocycles. The van der Waals surface area contributed by atoms with Gasteiger partial charge in [0.05, 0.1) is 13.7 Å². The Kier molecular flexibility index (Phi) is 5.08. The fourth-order valence-corrected chi connectivity index (χ4v) is 1.23. The van der Waals surface area contributed by atoms with Crippen LogP contribution in [0.25, 0.3) is 0 Å². The van der Waals surface area contributed by atoms with E-state index in [2.05, 4.69) is 15.2 Å². The molecule has 7 nitrogen and oxygen atoms in total. The van der Waals surface area contributed by atoms with Gasteiger partial charge in [-0.2, -0.15) is 18.3 Å². The van der Waals surface area contributed by atoms with Crippen LogP contribution in [0.3, 0.4) is 0 Å². The molecule has 0 radical (unpaired) electrons. The first-order valence-corrected chi connectivity index (χ1v) is 5.37. The van der Waals surface area contributed by atoms with E-state index in [1.165, 1.54) is 0 Å². The van der Waals surface area contributed by atoms with E-state index in [1.807, 2.05) is 0 Å². The summed E-state index contributed by atoms with van der Waals surface area (Å²) in [6.07, 6.45) is -5.12. The third-order valence-corrected chi connectivity index (χ3v) is 2.20. The van der Waals surface area contributed by atoms with Gasteiger partial charge in [-0.3, -0.25) is 9.48 Å². The highest BCUT2D eigenvalue weighted by Crippen LogP contribution is 2.27. The van der Waals surface area contributed by atoms with Crippen molar-refractivity contribution in [1.29, 1.82) is 0 Å². The van der Waals surface area contributed by atoms with Crippen molar-refractivity contribution in [2.75, 3.05) is 13.7 Å². The lowest BCUT2D eigenvalue weighted by molar-refractivity contribution is -0.150. The summed E-state index contributed by atoms with van der Waals surface area (Å²) in [5.74, 6) is -1.63. The highest BCUT2D eigenvalue weighted by molar-refractivity contribution is 5.78. The van der Waals surface area contributed by atoms with Gasteiger partial charge in [-0.15, -0.1) is 0 Å². The average Bonchev–Trinajstić information content (AvgIpc) is 2.83. The third-order valence-electron chi connectivity index (χ3n) is 2.20. The maximum Gasteiger partial charge on any atom is 0.435 e. The molecule has 1 rings (SSSR count). The smallest absolute Gasteiger partial charge is 0.435 e. The molecule has 2 N–H and O–H groups in total. The van der Waals surface area contributed by atoms with Gasteiger partial charge in [0, 0.05) is 6.20 Å². The first kappa shape index (κ1) is 16.0. The number of ether oxygens (including phenoxy) is 1. The molecular weight excluding hydrogens is 283 g/mol. The molecule has 0 fully saturated rings. The number of amides is 1. The Labute approximate surface area is 111 Å². The van der Waals surface area contributed by atoms with E-state index in [0.29, 0.717) is 0 Å². The Morgan fingerprint density at radius 2 is 2.20 bits per heavy atom. The molecule has 1 unspecified atom stereocenters. The van der Waals surface area contributed by atoms with Gasteiger partial charge in [0.2, 0.25) is 5.91 Å². The average molecular weight is 295 g/mol. The fraction of sp³-hybridized carbons (Fsp3) is 0.500. The molecule has 0 aliphatic heterocycles. The van der Waals surface area contributed by atoms with Crippen LogP contribution in [-0.2, 0) is 27.0 Å². The lowest BCUT2D eigenvalue weighted by atomic mass is 10.3. The SMILES string of the molecule is COC(=O)C(O)CNC(=O)Cn1ccc(C(F)(F)F)n1. The summed E-state index contributed by atoms with van der Waals surface area (Å²) in [4.78, 5) is 22.2. The Hall–Kier alpha value is -2.10. The molecule has 1 aromatic rings. The number of rotatable bonds is 5. The van der Waals surface area contributed by atoms with Crippen LogP contribution in [0.15, 0.2) is 12.3 Å². The summed E-state index contributed by atoms with van der Waals surface area (Å²) in [6, 6.07) is 0.733. The highest BCUT2D eigenvalue weighted by atomic mass is 19.4. The van der Waals surface area contributed by atoms with Gasteiger partial charge in [0.15, 0.2) is 11.8 Å². The van der Waals surface area contributed by atoms with Crippen LogP contribution in [0.2, 0.25) is 0 Å². The Morgan fingerprint density at radius 1 is 1.55 bits per heavy atom. The minimum absolute atomic E-state index is 0.404. The lowest BCUT2D eigenvalue weighted by Gasteiger charge is -2.09. The number of hydrogen-bond acceptors (Lipinski definition) is 5. The standard InChI is InChI=1S/C10H12F3N3O4/c1-20-9(19)6(17)4-14-8(18)5-16-3-2-7(15-16)10(11,12)13/h2-3,6,17H,4-5H2,1H3,(H,14,18). The zero-order chi connectivity index (χ0) is 15.3. The Morgan fingerprint density at radius 3 is 2.70 bits per heavy atom. The van der Waals surface area contributed by atoms with E-state index in [4.69, 9.17) is 0 Å². The summed E-state index contributed by atoms with van der Waals surface area (Å²) < 4.78 is 41.8. The topological polar surface area (TPSA) is 93.5 Å². The third kappa shape index (κ3) is 4.53. The van der Waals surface area contributed by atoms with Gasteiger partial charge in [-0.05, 0) is 6.07 Å². The minimum atomic E-state index is -4.58. The molecule has 0 aliphatic rings. The molecule has 10 heteroatoms. The number of methoxy groups -OCH3 is 1. The second-order valence-corrected chi connectivity index (χ2v) is 3.74. The van der Waals surface area contributed by atoms with Crippen LogP contribution < -0.4 is 5.32 Å².